The van der Waals surface area contributed by atoms with Crippen molar-refractivity contribution in [2.45, 2.75) is 76.4 Å². The Bertz CT molecular complexity index is 1200. The van der Waals surface area contributed by atoms with Gasteiger partial charge in [0.2, 0.25) is 5.91 Å². The number of nitrogens with one attached hydrogen (secondary N) is 1. The van der Waals surface area contributed by atoms with Crippen LogP contribution >= 0.6 is 11.8 Å². The maximum atomic E-state index is 13.0. The topological polar surface area (TPSA) is 98.9 Å². The zero-order valence-corrected chi connectivity index (χ0v) is 20.7. The maximum absolute atomic E-state index is 13.0. The molecule has 178 valence electrons. The summed E-state index contributed by atoms with van der Waals surface area (Å²) < 4.78 is 2.67. The van der Waals surface area contributed by atoms with E-state index in [-0.39, 0.29) is 28.8 Å². The molecule has 2 heterocycles. The summed E-state index contributed by atoms with van der Waals surface area (Å²) >= 11 is 1.27. The van der Waals surface area contributed by atoms with Crippen molar-refractivity contribution < 1.29 is 4.79 Å². The molecule has 2 aromatic heterocycles. The van der Waals surface area contributed by atoms with E-state index in [0.717, 1.165) is 41.6 Å². The molecule has 4 fully saturated rings. The number of rotatable bonds is 6. The third-order valence-corrected chi connectivity index (χ3v) is 8.57. The molecule has 0 aromatic carbocycles. The van der Waals surface area contributed by atoms with Crippen LogP contribution in [-0.2, 0) is 18.4 Å². The smallest absolute Gasteiger partial charge is 0.332 e. The molecule has 0 aliphatic heterocycles. The molecule has 4 bridgehead atoms. The van der Waals surface area contributed by atoms with Gasteiger partial charge in [-0.05, 0) is 69.1 Å². The van der Waals surface area contributed by atoms with E-state index >= 15 is 0 Å². The van der Waals surface area contributed by atoms with E-state index in [2.05, 4.69) is 15.3 Å². The summed E-state index contributed by atoms with van der Waals surface area (Å²) in [5.74, 6) is 3.17. The fourth-order valence-electron chi connectivity index (χ4n) is 6.80. The molecule has 6 rings (SSSR count). The minimum absolute atomic E-state index is 0.00121. The normalized spacial score (nSPS) is 28.1. The average Bonchev–Trinajstić information content (AvgIpc) is 2.71. The van der Waals surface area contributed by atoms with Crippen LogP contribution in [-0.4, -0.2) is 36.3 Å². The number of thioether (sulfide) groups is 1. The second kappa shape index (κ2) is 8.25. The molecular formula is C24H33N5O3S. The summed E-state index contributed by atoms with van der Waals surface area (Å²) in [5, 5.41) is 4.17. The minimum atomic E-state index is -0.418. The van der Waals surface area contributed by atoms with Gasteiger partial charge in [0.15, 0.2) is 5.65 Å². The second-order valence-corrected chi connectivity index (χ2v) is 11.9. The molecular weight excluding hydrogens is 438 g/mol. The second-order valence-electron chi connectivity index (χ2n) is 11.0. The van der Waals surface area contributed by atoms with E-state index < -0.39 is 5.56 Å². The van der Waals surface area contributed by atoms with Crippen molar-refractivity contribution in [3.63, 3.8) is 0 Å². The quantitative estimate of drug-likeness (QED) is 0.514. The van der Waals surface area contributed by atoms with Crippen molar-refractivity contribution in [2.24, 2.45) is 30.7 Å². The molecule has 1 N–H and O–H groups in total. The van der Waals surface area contributed by atoms with Gasteiger partial charge in [-0.2, -0.15) is 0 Å². The van der Waals surface area contributed by atoms with E-state index in [4.69, 9.17) is 0 Å². The average molecular weight is 472 g/mol. The van der Waals surface area contributed by atoms with Gasteiger partial charge in [-0.25, -0.2) is 14.8 Å². The number of fused-ring (bicyclic) bond motifs is 1. The highest BCUT2D eigenvalue weighted by molar-refractivity contribution is 8.00. The first-order valence-corrected chi connectivity index (χ1v) is 13.0. The zero-order valence-electron chi connectivity index (χ0n) is 19.9. The Hall–Kier alpha value is -2.16. The van der Waals surface area contributed by atoms with Crippen LogP contribution < -0.4 is 16.6 Å². The van der Waals surface area contributed by atoms with Crippen LogP contribution in [0.15, 0.2) is 14.6 Å². The molecule has 4 saturated carbocycles. The predicted molar refractivity (Wildman–Crippen MR) is 128 cm³/mol. The van der Waals surface area contributed by atoms with Crippen molar-refractivity contribution in [1.82, 2.24) is 24.4 Å². The molecule has 0 radical (unpaired) electrons. The SMILES string of the molecule is Cc1nc(SCC(=O)NC23CC4CC(CC(C4)C2)C3)c2c(=O)n(C)c(=O)n(CC(C)C)c2n1. The van der Waals surface area contributed by atoms with Gasteiger partial charge in [-0.1, -0.05) is 25.6 Å². The van der Waals surface area contributed by atoms with Crippen LogP contribution in [0.25, 0.3) is 11.0 Å². The lowest BCUT2D eigenvalue weighted by Gasteiger charge is -2.56. The Labute approximate surface area is 197 Å². The first kappa shape index (κ1) is 22.6. The Balaban J connectivity index is 1.41. The number of carbonyl (C=O) groups excluding carboxylic acids is 1. The third-order valence-electron chi connectivity index (χ3n) is 7.59. The van der Waals surface area contributed by atoms with Crippen molar-refractivity contribution in [3.8, 4) is 0 Å². The zero-order chi connectivity index (χ0) is 23.5. The summed E-state index contributed by atoms with van der Waals surface area (Å²) in [5.41, 5.74) is -0.480. The Morgan fingerprint density at radius 1 is 1.12 bits per heavy atom. The Morgan fingerprint density at radius 3 is 2.30 bits per heavy atom. The lowest BCUT2D eigenvalue weighted by Crippen LogP contribution is -2.60. The molecule has 9 heteroatoms. The van der Waals surface area contributed by atoms with Crippen LogP contribution in [0.5, 0.6) is 0 Å². The highest BCUT2D eigenvalue weighted by Gasteiger charge is 2.51. The van der Waals surface area contributed by atoms with Crippen LogP contribution in [0.4, 0.5) is 0 Å². The molecule has 33 heavy (non-hydrogen) atoms. The predicted octanol–water partition coefficient (Wildman–Crippen LogP) is 2.63. The largest absolute Gasteiger partial charge is 0.350 e. The van der Waals surface area contributed by atoms with Crippen molar-refractivity contribution in [3.05, 3.63) is 26.7 Å². The van der Waals surface area contributed by atoms with E-state index in [9.17, 15) is 14.4 Å². The lowest BCUT2D eigenvalue weighted by molar-refractivity contribution is -0.124. The number of aromatic nitrogens is 4. The highest BCUT2D eigenvalue weighted by Crippen LogP contribution is 2.55. The van der Waals surface area contributed by atoms with Crippen molar-refractivity contribution >= 4 is 28.7 Å². The Morgan fingerprint density at radius 2 is 1.73 bits per heavy atom. The first-order valence-electron chi connectivity index (χ1n) is 12.1. The van der Waals surface area contributed by atoms with Crippen molar-refractivity contribution in [1.29, 1.82) is 0 Å². The number of aryl methyl sites for hydroxylation is 1. The van der Waals surface area contributed by atoms with Gasteiger partial charge in [-0.15, -0.1) is 0 Å². The van der Waals surface area contributed by atoms with Crippen molar-refractivity contribution in [2.75, 3.05) is 5.75 Å². The van der Waals surface area contributed by atoms with Gasteiger partial charge in [-0.3, -0.25) is 18.7 Å². The molecule has 1 amide bonds. The number of hydrogen-bond donors (Lipinski definition) is 1. The summed E-state index contributed by atoms with van der Waals surface area (Å²) in [6.07, 6.45) is 7.30. The number of nitrogens with zero attached hydrogens (tertiary/aromatic N) is 4. The fraction of sp³-hybridized carbons (Fsp3) is 0.708. The fourth-order valence-corrected chi connectivity index (χ4v) is 7.66. The van der Waals surface area contributed by atoms with Gasteiger partial charge in [0, 0.05) is 19.1 Å². The molecule has 4 aliphatic rings. The van der Waals surface area contributed by atoms with E-state index in [1.807, 2.05) is 13.8 Å². The number of amides is 1. The number of hydrogen-bond acceptors (Lipinski definition) is 6. The van der Waals surface area contributed by atoms with Gasteiger partial charge >= 0.3 is 5.69 Å². The first-order chi connectivity index (χ1) is 15.6. The van der Waals surface area contributed by atoms with Crippen LogP contribution in [0.1, 0.15) is 58.2 Å². The highest BCUT2D eigenvalue weighted by atomic mass is 32.2. The minimum Gasteiger partial charge on any atom is -0.350 e. The van der Waals surface area contributed by atoms with E-state index in [0.29, 0.717) is 28.4 Å². The van der Waals surface area contributed by atoms with Crippen LogP contribution in [0, 0.1) is 30.6 Å². The summed E-state index contributed by atoms with van der Waals surface area (Å²) in [7, 11) is 1.48. The van der Waals surface area contributed by atoms with Gasteiger partial charge < -0.3 is 5.32 Å². The number of carbonyl (C=O) groups is 1. The molecule has 0 unspecified atom stereocenters. The standard InChI is InChI=1S/C24H33N5O3S/c1-13(2)11-29-20-19(22(31)28(4)23(29)32)21(26-14(3)25-20)33-12-18(30)27-24-8-15-5-16(9-24)7-17(6-15)10-24/h13,15-17H,5-12H2,1-4H3,(H,27,30). The summed E-state index contributed by atoms with van der Waals surface area (Å²) in [4.78, 5) is 47.8. The molecule has 8 nitrogen and oxygen atoms in total. The summed E-state index contributed by atoms with van der Waals surface area (Å²) in [6.45, 7) is 6.24. The molecule has 0 spiro atoms. The molecule has 0 atom stereocenters. The van der Waals surface area contributed by atoms with Gasteiger partial charge in [0.05, 0.1) is 5.75 Å². The third kappa shape index (κ3) is 4.13. The monoisotopic (exact) mass is 471 g/mol. The Kier molecular flexibility index (Phi) is 5.66. The van der Waals surface area contributed by atoms with Gasteiger partial charge in [0.25, 0.3) is 5.56 Å². The van der Waals surface area contributed by atoms with E-state index in [1.54, 1.807) is 11.5 Å². The molecule has 0 saturated heterocycles. The lowest BCUT2D eigenvalue weighted by atomic mass is 9.53. The van der Waals surface area contributed by atoms with E-state index in [1.165, 1.54) is 38.1 Å². The van der Waals surface area contributed by atoms with Gasteiger partial charge in [0.1, 0.15) is 16.2 Å². The summed E-state index contributed by atoms with van der Waals surface area (Å²) in [6, 6.07) is 0. The van der Waals surface area contributed by atoms with Crippen LogP contribution in [0.2, 0.25) is 0 Å². The maximum Gasteiger partial charge on any atom is 0.332 e. The molecule has 4 aliphatic carbocycles. The molecule has 2 aromatic rings. The van der Waals surface area contributed by atoms with Crippen LogP contribution in [0.3, 0.4) is 0 Å².